The first-order chi connectivity index (χ1) is 6.81. The summed E-state index contributed by atoms with van der Waals surface area (Å²) in [6.07, 6.45) is 4.00. The smallest absolute Gasteiger partial charge is 0.0347 e. The Morgan fingerprint density at radius 1 is 0.706 bits per heavy atom. The summed E-state index contributed by atoms with van der Waals surface area (Å²) < 4.78 is 0. The van der Waals surface area contributed by atoms with Gasteiger partial charge in [-0.1, -0.05) is 69.7 Å². The number of hydrogen-bond acceptors (Lipinski definition) is 0. The van der Waals surface area contributed by atoms with Crippen LogP contribution in [0, 0.1) is 22.2 Å². The van der Waals surface area contributed by atoms with E-state index >= 15 is 0 Å². The monoisotopic (exact) mass is 242 g/mol. The van der Waals surface area contributed by atoms with Crippen LogP contribution in [0.25, 0.3) is 0 Å². The van der Waals surface area contributed by atoms with E-state index in [0.29, 0.717) is 16.2 Å². The predicted octanol–water partition coefficient (Wildman–Crippen LogP) is 6.55. The molecule has 0 fully saturated rings. The highest BCUT2D eigenvalue weighted by molar-refractivity contribution is 4.79. The molecule has 1 unspecified atom stereocenters. The van der Waals surface area contributed by atoms with Crippen molar-refractivity contribution in [2.24, 2.45) is 22.2 Å². The molecular weight excluding hydrogens is 204 g/mol. The zero-order valence-electron chi connectivity index (χ0n) is 13.2. The highest BCUT2D eigenvalue weighted by Crippen LogP contribution is 2.40. The standard InChI is InChI=1S/C16H34.CH4/c1-13(10-14(2,3)4)11-16(8,9)12-15(5,6)7;/h13H,10-12H2,1-9H3;1H4. The van der Waals surface area contributed by atoms with Crippen LogP contribution in [0.5, 0.6) is 0 Å². The lowest BCUT2D eigenvalue weighted by Crippen LogP contribution is -2.24. The second kappa shape index (κ2) is 6.25. The first-order valence-electron chi connectivity index (χ1n) is 6.81. The number of rotatable bonds is 4. The summed E-state index contributed by atoms with van der Waals surface area (Å²) in [4.78, 5) is 0. The van der Waals surface area contributed by atoms with Gasteiger partial charge >= 0.3 is 0 Å². The van der Waals surface area contributed by atoms with E-state index in [4.69, 9.17) is 0 Å². The van der Waals surface area contributed by atoms with E-state index in [-0.39, 0.29) is 7.43 Å². The molecule has 0 aromatic carbocycles. The molecule has 1 atom stereocenters. The van der Waals surface area contributed by atoms with E-state index in [2.05, 4.69) is 62.3 Å². The Kier molecular flexibility index (Phi) is 7.11. The maximum absolute atomic E-state index is 2.43. The van der Waals surface area contributed by atoms with Gasteiger partial charge in [0.1, 0.15) is 0 Å². The third-order valence-corrected chi connectivity index (χ3v) is 2.87. The van der Waals surface area contributed by atoms with Gasteiger partial charge in [0.2, 0.25) is 0 Å². The van der Waals surface area contributed by atoms with Gasteiger partial charge in [-0.25, -0.2) is 0 Å². The predicted molar refractivity (Wildman–Crippen MR) is 82.4 cm³/mol. The topological polar surface area (TPSA) is 0 Å². The molecule has 0 heterocycles. The van der Waals surface area contributed by atoms with E-state index in [1.807, 2.05) is 0 Å². The molecule has 0 saturated carbocycles. The summed E-state index contributed by atoms with van der Waals surface area (Å²) >= 11 is 0. The molecule has 0 heteroatoms. The van der Waals surface area contributed by atoms with Crippen molar-refractivity contribution in [3.8, 4) is 0 Å². The van der Waals surface area contributed by atoms with Crippen LogP contribution in [0.15, 0.2) is 0 Å². The van der Waals surface area contributed by atoms with Gasteiger partial charge < -0.3 is 0 Å². The van der Waals surface area contributed by atoms with Crippen molar-refractivity contribution in [3.05, 3.63) is 0 Å². The van der Waals surface area contributed by atoms with E-state index < -0.39 is 0 Å². The Balaban J connectivity index is 0. The normalized spacial score (nSPS) is 15.4. The average molecular weight is 242 g/mol. The van der Waals surface area contributed by atoms with Crippen molar-refractivity contribution >= 4 is 0 Å². The van der Waals surface area contributed by atoms with Crippen LogP contribution in [0.3, 0.4) is 0 Å². The summed E-state index contributed by atoms with van der Waals surface area (Å²) in [5.74, 6) is 0.831. The first kappa shape index (κ1) is 19.3. The van der Waals surface area contributed by atoms with E-state index in [0.717, 1.165) is 5.92 Å². The second-order valence-electron chi connectivity index (χ2n) is 8.98. The SMILES string of the molecule is C.CC(CC(C)(C)C)CC(C)(C)CC(C)(C)C. The Morgan fingerprint density at radius 3 is 1.41 bits per heavy atom. The lowest BCUT2D eigenvalue weighted by Gasteiger charge is -2.36. The molecule has 0 nitrogen and oxygen atoms in total. The van der Waals surface area contributed by atoms with Crippen molar-refractivity contribution in [1.29, 1.82) is 0 Å². The third-order valence-electron chi connectivity index (χ3n) is 2.87. The lowest BCUT2D eigenvalue weighted by atomic mass is 9.70. The molecule has 0 aliphatic heterocycles. The fraction of sp³-hybridized carbons (Fsp3) is 1.00. The van der Waals surface area contributed by atoms with E-state index in [1.54, 1.807) is 0 Å². The van der Waals surface area contributed by atoms with Gasteiger partial charge in [0.15, 0.2) is 0 Å². The van der Waals surface area contributed by atoms with Crippen LogP contribution in [-0.4, -0.2) is 0 Å². The van der Waals surface area contributed by atoms with Crippen LogP contribution in [-0.2, 0) is 0 Å². The van der Waals surface area contributed by atoms with Gasteiger partial charge in [-0.2, -0.15) is 0 Å². The molecule has 0 spiro atoms. The van der Waals surface area contributed by atoms with Crippen molar-refractivity contribution in [2.45, 2.75) is 89.0 Å². The minimum absolute atomic E-state index is 0. The molecule has 0 rings (SSSR count). The van der Waals surface area contributed by atoms with Crippen molar-refractivity contribution in [3.63, 3.8) is 0 Å². The summed E-state index contributed by atoms with van der Waals surface area (Å²) in [5, 5.41) is 0. The van der Waals surface area contributed by atoms with Gasteiger partial charge in [-0.05, 0) is 41.4 Å². The Labute approximate surface area is 112 Å². The van der Waals surface area contributed by atoms with Crippen LogP contribution in [0.1, 0.15) is 89.0 Å². The minimum Gasteiger partial charge on any atom is -0.0776 e. The van der Waals surface area contributed by atoms with Crippen LogP contribution >= 0.6 is 0 Å². The minimum atomic E-state index is 0. The molecular formula is C17H38. The first-order valence-corrected chi connectivity index (χ1v) is 6.81. The van der Waals surface area contributed by atoms with Gasteiger partial charge in [-0.15, -0.1) is 0 Å². The summed E-state index contributed by atoms with van der Waals surface area (Å²) in [6.45, 7) is 21.4. The number of hydrogen-bond donors (Lipinski definition) is 0. The van der Waals surface area contributed by atoms with Gasteiger partial charge in [0, 0.05) is 0 Å². The van der Waals surface area contributed by atoms with Crippen LogP contribution in [0.2, 0.25) is 0 Å². The third kappa shape index (κ3) is 12.2. The summed E-state index contributed by atoms with van der Waals surface area (Å²) in [6, 6.07) is 0. The zero-order chi connectivity index (χ0) is 13.2. The fourth-order valence-corrected chi connectivity index (χ4v) is 3.57. The van der Waals surface area contributed by atoms with Crippen LogP contribution in [0.4, 0.5) is 0 Å². The molecule has 0 aliphatic carbocycles. The maximum Gasteiger partial charge on any atom is -0.0347 e. The molecule has 0 amide bonds. The van der Waals surface area contributed by atoms with Gasteiger partial charge in [-0.3, -0.25) is 0 Å². The van der Waals surface area contributed by atoms with E-state index in [1.165, 1.54) is 19.3 Å². The van der Waals surface area contributed by atoms with Crippen molar-refractivity contribution in [2.75, 3.05) is 0 Å². The average Bonchev–Trinajstić information content (AvgIpc) is 1.70. The Hall–Kier alpha value is 0. The molecule has 0 saturated heterocycles. The molecule has 0 radical (unpaired) electrons. The van der Waals surface area contributed by atoms with E-state index in [9.17, 15) is 0 Å². The Morgan fingerprint density at radius 2 is 1.12 bits per heavy atom. The lowest BCUT2D eigenvalue weighted by molar-refractivity contribution is 0.156. The molecule has 106 valence electrons. The molecule has 0 N–H and O–H groups in total. The molecule has 0 aromatic heterocycles. The molecule has 17 heavy (non-hydrogen) atoms. The van der Waals surface area contributed by atoms with Crippen molar-refractivity contribution < 1.29 is 0 Å². The summed E-state index contributed by atoms with van der Waals surface area (Å²) in [7, 11) is 0. The molecule has 0 aliphatic rings. The highest BCUT2D eigenvalue weighted by atomic mass is 14.3. The fourth-order valence-electron chi connectivity index (χ4n) is 3.57. The van der Waals surface area contributed by atoms with Crippen molar-refractivity contribution in [1.82, 2.24) is 0 Å². The highest BCUT2D eigenvalue weighted by Gasteiger charge is 2.28. The second-order valence-corrected chi connectivity index (χ2v) is 8.98. The van der Waals surface area contributed by atoms with Gasteiger partial charge in [0.25, 0.3) is 0 Å². The molecule has 0 aromatic rings. The summed E-state index contributed by atoms with van der Waals surface area (Å²) in [5.41, 5.74) is 1.39. The largest absolute Gasteiger partial charge is 0.0776 e. The maximum atomic E-state index is 2.43. The molecule has 0 bridgehead atoms. The quantitative estimate of drug-likeness (QED) is 0.524. The van der Waals surface area contributed by atoms with Crippen LogP contribution < -0.4 is 0 Å². The van der Waals surface area contributed by atoms with Gasteiger partial charge in [0.05, 0.1) is 0 Å². The zero-order valence-corrected chi connectivity index (χ0v) is 13.2. The Bertz CT molecular complexity index is 197.